The third kappa shape index (κ3) is 5.09. The van der Waals surface area contributed by atoms with E-state index in [-0.39, 0.29) is 17.4 Å². The third-order valence-electron chi connectivity index (χ3n) is 5.94. The molecule has 2 aliphatic rings. The Balaban J connectivity index is 1.64. The fraction of sp³-hybridized carbons (Fsp3) is 0.500. The number of alkyl halides is 2. The van der Waals surface area contributed by atoms with Crippen LogP contribution in [0.2, 0.25) is 0 Å². The van der Waals surface area contributed by atoms with Gasteiger partial charge in [0, 0.05) is 17.0 Å². The van der Waals surface area contributed by atoms with Crippen molar-refractivity contribution < 1.29 is 9.59 Å². The summed E-state index contributed by atoms with van der Waals surface area (Å²) in [5.41, 5.74) is 7.65. The van der Waals surface area contributed by atoms with Crippen LogP contribution in [0.5, 0.6) is 0 Å². The minimum Gasteiger partial charge on any atom is -0.366 e. The van der Waals surface area contributed by atoms with Crippen LogP contribution >= 0.6 is 23.2 Å². The summed E-state index contributed by atoms with van der Waals surface area (Å²) in [5, 5.41) is 2.52. The molecule has 2 unspecified atom stereocenters. The Morgan fingerprint density at radius 1 is 1.10 bits per heavy atom. The summed E-state index contributed by atoms with van der Waals surface area (Å²) in [6, 6.07) is 8.21. The van der Waals surface area contributed by atoms with Gasteiger partial charge in [0.2, 0.25) is 11.8 Å². The molecule has 30 heavy (non-hydrogen) atoms. The largest absolute Gasteiger partial charge is 0.366 e. The number of carbonyl (C=O) groups excluding carboxylic acids is 2. The van der Waals surface area contributed by atoms with E-state index in [4.69, 9.17) is 28.9 Å². The van der Waals surface area contributed by atoms with Crippen molar-refractivity contribution in [2.75, 3.05) is 0 Å². The maximum atomic E-state index is 12.4. The second-order valence-electron chi connectivity index (χ2n) is 9.40. The molecule has 1 aromatic carbocycles. The number of primary amides is 1. The van der Waals surface area contributed by atoms with E-state index in [2.05, 4.69) is 17.4 Å². The number of nitrogens with two attached hydrogens (primary N) is 1. The Bertz CT molecular complexity index is 862. The molecule has 162 valence electrons. The molecule has 3 N–H and O–H groups in total. The van der Waals surface area contributed by atoms with Crippen LogP contribution in [0.15, 0.2) is 48.1 Å². The fourth-order valence-electron chi connectivity index (χ4n) is 4.23. The molecular weight excluding hydrogens is 419 g/mol. The molecule has 3 rings (SSSR count). The lowest BCUT2D eigenvalue weighted by Crippen LogP contribution is -2.44. The summed E-state index contributed by atoms with van der Waals surface area (Å²) in [6.07, 6.45) is 8.77. The number of allylic oxidation sites excluding steroid dienone is 2. The highest BCUT2D eigenvalue weighted by Crippen LogP contribution is 2.42. The summed E-state index contributed by atoms with van der Waals surface area (Å²) < 4.78 is 0. The molecule has 1 fully saturated rings. The van der Waals surface area contributed by atoms with Crippen LogP contribution in [0, 0.1) is 5.92 Å². The first-order valence-electron chi connectivity index (χ1n) is 10.5. The van der Waals surface area contributed by atoms with Gasteiger partial charge in [-0.25, -0.2) is 0 Å². The van der Waals surface area contributed by atoms with Crippen molar-refractivity contribution in [2.24, 2.45) is 11.7 Å². The Labute approximate surface area is 188 Å². The zero-order valence-corrected chi connectivity index (χ0v) is 19.3. The predicted molar refractivity (Wildman–Crippen MR) is 123 cm³/mol. The van der Waals surface area contributed by atoms with Crippen molar-refractivity contribution in [3.63, 3.8) is 0 Å². The first kappa shape index (κ1) is 22.9. The molecule has 0 spiro atoms. The fourth-order valence-corrected chi connectivity index (χ4v) is 4.81. The predicted octanol–water partition coefficient (Wildman–Crippen LogP) is 4.90. The van der Waals surface area contributed by atoms with Gasteiger partial charge in [0.1, 0.15) is 4.87 Å². The van der Waals surface area contributed by atoms with Crippen LogP contribution in [0.4, 0.5) is 0 Å². The van der Waals surface area contributed by atoms with Gasteiger partial charge in [-0.15, -0.1) is 23.2 Å². The first-order valence-corrected chi connectivity index (χ1v) is 11.3. The lowest BCUT2D eigenvalue weighted by atomic mass is 9.77. The molecule has 0 bridgehead atoms. The van der Waals surface area contributed by atoms with Gasteiger partial charge >= 0.3 is 0 Å². The number of benzene rings is 1. The van der Waals surface area contributed by atoms with E-state index in [0.29, 0.717) is 11.5 Å². The maximum absolute atomic E-state index is 12.4. The number of hydrogen-bond acceptors (Lipinski definition) is 2. The van der Waals surface area contributed by atoms with Crippen molar-refractivity contribution in [3.8, 4) is 0 Å². The van der Waals surface area contributed by atoms with E-state index in [1.165, 1.54) is 5.56 Å². The van der Waals surface area contributed by atoms with Gasteiger partial charge < -0.3 is 11.1 Å². The van der Waals surface area contributed by atoms with Crippen molar-refractivity contribution >= 4 is 35.0 Å². The van der Waals surface area contributed by atoms with Crippen LogP contribution < -0.4 is 11.1 Å². The van der Waals surface area contributed by atoms with E-state index in [9.17, 15) is 9.59 Å². The second-order valence-corrected chi connectivity index (χ2v) is 10.5. The van der Waals surface area contributed by atoms with E-state index < -0.39 is 16.2 Å². The Morgan fingerprint density at radius 2 is 1.70 bits per heavy atom. The zero-order chi connectivity index (χ0) is 22.1. The van der Waals surface area contributed by atoms with Gasteiger partial charge in [0.15, 0.2) is 0 Å². The quantitative estimate of drug-likeness (QED) is 0.642. The molecule has 4 nitrogen and oxygen atoms in total. The molecule has 1 saturated carbocycles. The van der Waals surface area contributed by atoms with E-state index in [1.807, 2.05) is 32.9 Å². The number of nitrogens with one attached hydrogen (secondary N) is 1. The van der Waals surface area contributed by atoms with E-state index in [1.54, 1.807) is 18.2 Å². The molecule has 2 amide bonds. The van der Waals surface area contributed by atoms with Gasteiger partial charge in [0.25, 0.3) is 0 Å². The summed E-state index contributed by atoms with van der Waals surface area (Å²) in [7, 11) is 0. The molecular formula is C24H30Cl2N2O2. The molecule has 2 aliphatic carbocycles. The number of halogens is 2. The van der Waals surface area contributed by atoms with Crippen LogP contribution in [0.1, 0.15) is 63.5 Å². The summed E-state index contributed by atoms with van der Waals surface area (Å²) in [4.78, 5) is 22.9. The summed E-state index contributed by atoms with van der Waals surface area (Å²) in [6.45, 7) is 6.04. The molecule has 0 radical (unpaired) electrons. The Kier molecular flexibility index (Phi) is 6.69. The molecule has 0 heterocycles. The average molecular weight is 449 g/mol. The summed E-state index contributed by atoms with van der Waals surface area (Å²) in [5.74, 6) is 0.194. The van der Waals surface area contributed by atoms with Crippen LogP contribution in [-0.2, 0) is 14.5 Å². The van der Waals surface area contributed by atoms with Gasteiger partial charge in [-0.05, 0) is 63.5 Å². The standard InChI is InChI=1S/C24H30Cl2N2O2/c1-23(2,3)28-22(30)17-6-4-15(5-7-17)16-8-10-19(11-9-16)24(26)13-12-18(21(27)29)14-20(24)25/h8-15,17,20H,4-7H2,1-3H3,(H2,27,29)(H,28,30). The number of rotatable bonds is 4. The van der Waals surface area contributed by atoms with Crippen LogP contribution in [0.3, 0.4) is 0 Å². The maximum Gasteiger partial charge on any atom is 0.248 e. The third-order valence-corrected chi connectivity index (χ3v) is 7.10. The Hall–Kier alpha value is -1.78. The zero-order valence-electron chi connectivity index (χ0n) is 17.8. The molecule has 6 heteroatoms. The van der Waals surface area contributed by atoms with Crippen molar-refractivity contribution in [2.45, 2.75) is 68.2 Å². The monoisotopic (exact) mass is 448 g/mol. The first-order chi connectivity index (χ1) is 14.0. The van der Waals surface area contributed by atoms with Crippen LogP contribution in [0.25, 0.3) is 0 Å². The average Bonchev–Trinajstić information content (AvgIpc) is 2.69. The van der Waals surface area contributed by atoms with Gasteiger partial charge in [-0.2, -0.15) is 0 Å². The molecule has 0 aromatic heterocycles. The molecule has 2 atom stereocenters. The van der Waals surface area contributed by atoms with Crippen molar-refractivity contribution in [3.05, 3.63) is 59.2 Å². The normalized spacial score (nSPS) is 29.2. The number of hydrogen-bond donors (Lipinski definition) is 2. The number of amides is 2. The highest BCUT2D eigenvalue weighted by molar-refractivity contribution is 6.34. The highest BCUT2D eigenvalue weighted by atomic mass is 35.5. The van der Waals surface area contributed by atoms with Crippen molar-refractivity contribution in [1.82, 2.24) is 5.32 Å². The minimum atomic E-state index is -0.915. The molecule has 0 saturated heterocycles. The second kappa shape index (κ2) is 8.76. The lowest BCUT2D eigenvalue weighted by Gasteiger charge is -2.32. The van der Waals surface area contributed by atoms with Crippen LogP contribution in [-0.4, -0.2) is 22.7 Å². The highest BCUT2D eigenvalue weighted by Gasteiger charge is 2.37. The van der Waals surface area contributed by atoms with Gasteiger partial charge in [-0.1, -0.05) is 42.5 Å². The Morgan fingerprint density at radius 3 is 2.20 bits per heavy atom. The molecule has 1 aromatic rings. The minimum absolute atomic E-state index is 0.0986. The van der Waals surface area contributed by atoms with Gasteiger partial charge in [-0.3, -0.25) is 9.59 Å². The smallest absolute Gasteiger partial charge is 0.248 e. The molecule has 0 aliphatic heterocycles. The van der Waals surface area contributed by atoms with Crippen molar-refractivity contribution in [1.29, 1.82) is 0 Å². The topological polar surface area (TPSA) is 72.2 Å². The summed E-state index contributed by atoms with van der Waals surface area (Å²) >= 11 is 13.3. The van der Waals surface area contributed by atoms with E-state index in [0.717, 1.165) is 31.2 Å². The van der Waals surface area contributed by atoms with E-state index >= 15 is 0 Å². The van der Waals surface area contributed by atoms with Gasteiger partial charge in [0.05, 0.1) is 5.38 Å². The number of carbonyl (C=O) groups is 2. The SMILES string of the molecule is CC(C)(C)NC(=O)C1CCC(c2ccc(C3(Cl)C=CC(C(N)=O)=CC3Cl)cc2)CC1. The lowest BCUT2D eigenvalue weighted by molar-refractivity contribution is -0.127.